The summed E-state index contributed by atoms with van der Waals surface area (Å²) >= 11 is 4.95. The number of halogens is 1. The zero-order chi connectivity index (χ0) is 20.1. The molecule has 0 bridgehead atoms. The van der Waals surface area contributed by atoms with Gasteiger partial charge in [-0.15, -0.1) is 11.8 Å². The van der Waals surface area contributed by atoms with E-state index < -0.39 is 12.2 Å². The highest BCUT2D eigenvalue weighted by Crippen LogP contribution is 2.41. The molecule has 28 heavy (non-hydrogen) atoms. The first-order valence-corrected chi connectivity index (χ1v) is 11.7. The maximum Gasteiger partial charge on any atom is 0.307 e. The van der Waals surface area contributed by atoms with E-state index in [1.807, 2.05) is 31.2 Å². The third-order valence-electron chi connectivity index (χ3n) is 5.62. The van der Waals surface area contributed by atoms with Crippen molar-refractivity contribution in [3.63, 3.8) is 0 Å². The maximum absolute atomic E-state index is 12.5. The number of carbonyl (C=O) groups excluding carboxylic acids is 1. The molecule has 1 heterocycles. The van der Waals surface area contributed by atoms with Crippen LogP contribution >= 0.6 is 27.7 Å². The van der Waals surface area contributed by atoms with Gasteiger partial charge in [-0.05, 0) is 75.1 Å². The molecular weight excluding hydrogens is 440 g/mol. The highest BCUT2D eigenvalue weighted by atomic mass is 79.9. The predicted molar refractivity (Wildman–Crippen MR) is 115 cm³/mol. The number of carbonyl (C=O) groups is 1. The Morgan fingerprint density at radius 2 is 1.93 bits per heavy atom. The molecule has 0 spiro atoms. The van der Waals surface area contributed by atoms with Gasteiger partial charge in [0, 0.05) is 14.6 Å². The second kappa shape index (κ2) is 10.3. The fourth-order valence-corrected chi connectivity index (χ4v) is 5.64. The molecule has 1 aliphatic carbocycles. The van der Waals surface area contributed by atoms with Gasteiger partial charge in [-0.2, -0.15) is 0 Å². The Hall–Kier alpha value is -0.820. The standard InChI is InChI=1S/C22H29BrO4S/c1-14-5-3-2-4-6-15-11-17(24)12-19(15)22(26)20(13-21(25)27-14)28-18-9-7-16(23)8-10-18/h4,6-10,14-15,17,19-20,22,24,26H,2-3,5,11-13H2,1H3/b6-4+/t14-,15+,17-,19+,20+,22-/m0/s1. The molecule has 1 aliphatic heterocycles. The monoisotopic (exact) mass is 468 g/mol. The summed E-state index contributed by atoms with van der Waals surface area (Å²) in [5.74, 6) is -0.166. The number of thioether (sulfide) groups is 1. The fourth-order valence-electron chi connectivity index (χ4n) is 4.17. The molecule has 6 atom stereocenters. The van der Waals surface area contributed by atoms with Gasteiger partial charge >= 0.3 is 5.97 Å². The number of aliphatic hydroxyl groups is 2. The van der Waals surface area contributed by atoms with Gasteiger partial charge in [-0.25, -0.2) is 0 Å². The number of ether oxygens (including phenoxy) is 1. The lowest BCUT2D eigenvalue weighted by Gasteiger charge is -2.29. The van der Waals surface area contributed by atoms with Crippen LogP contribution in [-0.2, 0) is 9.53 Å². The van der Waals surface area contributed by atoms with Crippen LogP contribution in [-0.4, -0.2) is 39.7 Å². The molecule has 1 fully saturated rings. The topological polar surface area (TPSA) is 66.8 Å². The SMILES string of the molecule is C[C@H]1CCC/C=C/[C@@H]2C[C@H](O)C[C@H]2[C@H](O)[C@H](Sc2ccc(Br)cc2)CC(=O)O1. The number of fused-ring (bicyclic) bond motifs is 1. The molecule has 2 aliphatic rings. The number of rotatable bonds is 2. The van der Waals surface area contributed by atoms with E-state index >= 15 is 0 Å². The number of hydrogen-bond donors (Lipinski definition) is 2. The van der Waals surface area contributed by atoms with Crippen molar-refractivity contribution in [2.24, 2.45) is 11.8 Å². The maximum atomic E-state index is 12.5. The minimum Gasteiger partial charge on any atom is -0.463 e. The molecule has 2 N–H and O–H groups in total. The van der Waals surface area contributed by atoms with Crippen molar-refractivity contribution in [3.05, 3.63) is 40.9 Å². The van der Waals surface area contributed by atoms with Crippen LogP contribution in [0.1, 0.15) is 45.4 Å². The zero-order valence-corrected chi connectivity index (χ0v) is 18.6. The van der Waals surface area contributed by atoms with Crippen LogP contribution in [0, 0.1) is 11.8 Å². The summed E-state index contributed by atoms with van der Waals surface area (Å²) in [6, 6.07) is 7.88. The highest BCUT2D eigenvalue weighted by Gasteiger charge is 2.40. The Balaban J connectivity index is 1.83. The lowest BCUT2D eigenvalue weighted by molar-refractivity contribution is -0.149. The van der Waals surface area contributed by atoms with Crippen LogP contribution in [0.15, 0.2) is 45.8 Å². The number of cyclic esters (lactones) is 1. The van der Waals surface area contributed by atoms with Gasteiger partial charge in [0.1, 0.15) is 0 Å². The van der Waals surface area contributed by atoms with Crippen LogP contribution in [0.2, 0.25) is 0 Å². The summed E-state index contributed by atoms with van der Waals surface area (Å²) in [6.07, 6.45) is 7.25. The molecule has 0 amide bonds. The van der Waals surface area contributed by atoms with Gasteiger partial charge in [0.25, 0.3) is 0 Å². The number of aliphatic hydroxyl groups excluding tert-OH is 2. The van der Waals surface area contributed by atoms with Gasteiger partial charge in [-0.1, -0.05) is 28.1 Å². The lowest BCUT2D eigenvalue weighted by Crippen LogP contribution is -2.35. The van der Waals surface area contributed by atoms with Gasteiger partial charge in [0.05, 0.1) is 24.7 Å². The zero-order valence-electron chi connectivity index (χ0n) is 16.2. The highest BCUT2D eigenvalue weighted by molar-refractivity contribution is 9.10. The summed E-state index contributed by atoms with van der Waals surface area (Å²) in [7, 11) is 0. The smallest absolute Gasteiger partial charge is 0.307 e. The second-order valence-corrected chi connectivity index (χ2v) is 10.1. The van der Waals surface area contributed by atoms with E-state index in [9.17, 15) is 15.0 Å². The minimum atomic E-state index is -0.691. The average Bonchev–Trinajstić information content (AvgIpc) is 3.02. The van der Waals surface area contributed by atoms with Crippen LogP contribution in [0.25, 0.3) is 0 Å². The predicted octanol–water partition coefficient (Wildman–Crippen LogP) is 4.72. The first-order valence-electron chi connectivity index (χ1n) is 10.1. The van der Waals surface area contributed by atoms with Crippen molar-refractivity contribution >= 4 is 33.7 Å². The lowest BCUT2D eigenvalue weighted by atomic mass is 9.87. The summed E-state index contributed by atoms with van der Waals surface area (Å²) in [5.41, 5.74) is 0. The largest absolute Gasteiger partial charge is 0.463 e. The Labute approximate surface area is 179 Å². The quantitative estimate of drug-likeness (QED) is 0.485. The minimum absolute atomic E-state index is 0.0508. The number of esters is 1. The van der Waals surface area contributed by atoms with Crippen molar-refractivity contribution in [1.82, 2.24) is 0 Å². The molecule has 6 heteroatoms. The van der Waals surface area contributed by atoms with E-state index in [2.05, 4.69) is 28.1 Å². The van der Waals surface area contributed by atoms with E-state index in [0.717, 1.165) is 28.6 Å². The van der Waals surface area contributed by atoms with E-state index in [1.165, 1.54) is 11.8 Å². The van der Waals surface area contributed by atoms with E-state index in [1.54, 1.807) is 0 Å². The normalized spacial score (nSPS) is 35.8. The van der Waals surface area contributed by atoms with Crippen molar-refractivity contribution in [1.29, 1.82) is 0 Å². The molecule has 1 aromatic rings. The van der Waals surface area contributed by atoms with Crippen molar-refractivity contribution in [2.45, 2.75) is 73.9 Å². The third kappa shape index (κ3) is 6.09. The molecule has 1 saturated carbocycles. The Kier molecular flexibility index (Phi) is 8.03. The summed E-state index contributed by atoms with van der Waals surface area (Å²) in [6.45, 7) is 1.93. The summed E-state index contributed by atoms with van der Waals surface area (Å²) in [4.78, 5) is 13.5. The van der Waals surface area contributed by atoms with Gasteiger partial charge < -0.3 is 14.9 Å². The summed E-state index contributed by atoms with van der Waals surface area (Å²) in [5, 5.41) is 21.1. The van der Waals surface area contributed by atoms with E-state index in [-0.39, 0.29) is 35.6 Å². The van der Waals surface area contributed by atoms with Gasteiger partial charge in [0.2, 0.25) is 0 Å². The molecule has 0 saturated heterocycles. The van der Waals surface area contributed by atoms with Crippen molar-refractivity contribution < 1.29 is 19.7 Å². The molecule has 4 nitrogen and oxygen atoms in total. The van der Waals surface area contributed by atoms with E-state index in [0.29, 0.717) is 12.8 Å². The van der Waals surface area contributed by atoms with Crippen LogP contribution in [0.4, 0.5) is 0 Å². The molecule has 0 unspecified atom stereocenters. The summed E-state index contributed by atoms with van der Waals surface area (Å²) < 4.78 is 6.58. The first-order chi connectivity index (χ1) is 13.4. The van der Waals surface area contributed by atoms with Gasteiger partial charge in [-0.3, -0.25) is 4.79 Å². The fraction of sp³-hybridized carbons (Fsp3) is 0.591. The van der Waals surface area contributed by atoms with Crippen LogP contribution in [0.5, 0.6) is 0 Å². The Bertz CT molecular complexity index is 678. The Morgan fingerprint density at radius 3 is 2.68 bits per heavy atom. The number of hydrogen-bond acceptors (Lipinski definition) is 5. The van der Waals surface area contributed by atoms with Crippen LogP contribution < -0.4 is 0 Å². The molecule has 3 rings (SSSR count). The van der Waals surface area contributed by atoms with Crippen LogP contribution in [0.3, 0.4) is 0 Å². The molecule has 0 aromatic heterocycles. The number of benzene rings is 1. The molecule has 1 aromatic carbocycles. The Morgan fingerprint density at radius 1 is 1.18 bits per heavy atom. The van der Waals surface area contributed by atoms with Crippen molar-refractivity contribution in [2.75, 3.05) is 0 Å². The molecule has 154 valence electrons. The average molecular weight is 469 g/mol. The first kappa shape index (κ1) is 21.9. The second-order valence-electron chi connectivity index (χ2n) is 7.92. The number of allylic oxidation sites excluding steroid dienone is 2. The van der Waals surface area contributed by atoms with E-state index in [4.69, 9.17) is 4.74 Å². The van der Waals surface area contributed by atoms with Gasteiger partial charge in [0.15, 0.2) is 0 Å². The molecule has 0 radical (unpaired) electrons. The molecular formula is C22H29BrO4S. The van der Waals surface area contributed by atoms with Crippen molar-refractivity contribution in [3.8, 4) is 0 Å². The third-order valence-corrected chi connectivity index (χ3v) is 7.45.